The van der Waals surface area contributed by atoms with E-state index >= 15 is 0 Å². The van der Waals surface area contributed by atoms with Crippen LogP contribution in [0, 0.1) is 6.92 Å². The maximum absolute atomic E-state index is 13.4. The van der Waals surface area contributed by atoms with E-state index in [0.717, 1.165) is 23.1 Å². The minimum Gasteiger partial charge on any atom is -0.480 e. The van der Waals surface area contributed by atoms with Gasteiger partial charge in [0.05, 0.1) is 12.1 Å². The van der Waals surface area contributed by atoms with Crippen molar-refractivity contribution in [2.75, 3.05) is 11.9 Å². The maximum Gasteiger partial charge on any atom is 0.416 e. The van der Waals surface area contributed by atoms with Crippen LogP contribution in [0.1, 0.15) is 40.0 Å². The standard InChI is InChI=1S/C32H32F3N5O7S.C13H12/c33-32(34,35)20-4-1-3-19(13-20)15-23-30(45)40-25(31(46)47)14-18-6-8-21(9-7-18)37-26(41)10-11-27(42)38-24(16-22-5-2-12-48-22)29(44)36-17-28(43)39-23;1-11-7-9-13(10-8-11)12-5-3-2-4-6-12/h1-9,12-13,23-25H,10-11,14-17H2,(H,36,44)(H,37,41)(H,38,42)(H,39,43)(H,40,45)(H,46,47);2-10H,1H3/t23-,24-,25+;/m1./s1. The molecule has 0 saturated carbocycles. The Bertz CT molecular complexity index is 2290. The molecule has 5 aromatic rings. The largest absolute Gasteiger partial charge is 0.480 e. The molecule has 7 rings (SSSR count). The number of nitrogens with one attached hydrogen (secondary N) is 5. The Labute approximate surface area is 354 Å². The molecule has 0 saturated heterocycles. The van der Waals surface area contributed by atoms with Gasteiger partial charge in [-0.05, 0) is 58.8 Å². The van der Waals surface area contributed by atoms with Gasteiger partial charge in [-0.3, -0.25) is 24.0 Å². The van der Waals surface area contributed by atoms with Crippen LogP contribution in [-0.2, 0) is 54.2 Å². The molecule has 2 bridgehead atoms. The molecular weight excluding hydrogens is 812 g/mol. The van der Waals surface area contributed by atoms with Gasteiger partial charge in [0.15, 0.2) is 0 Å². The number of fused-ring (bicyclic) bond motifs is 18. The summed E-state index contributed by atoms with van der Waals surface area (Å²) < 4.78 is 40.1. The lowest BCUT2D eigenvalue weighted by atomic mass is 10.0. The van der Waals surface area contributed by atoms with Crippen molar-refractivity contribution in [2.45, 2.75) is 63.3 Å². The summed E-state index contributed by atoms with van der Waals surface area (Å²) in [6.07, 6.45) is -5.70. The van der Waals surface area contributed by atoms with Crippen molar-refractivity contribution in [1.29, 1.82) is 0 Å². The van der Waals surface area contributed by atoms with E-state index in [-0.39, 0.29) is 31.2 Å². The third kappa shape index (κ3) is 14.5. The number of thiophene rings is 1. The lowest BCUT2D eigenvalue weighted by Crippen LogP contribution is -2.55. The van der Waals surface area contributed by atoms with Crippen LogP contribution in [0.3, 0.4) is 0 Å². The first-order valence-electron chi connectivity index (χ1n) is 19.2. The average molecular weight is 856 g/mol. The Morgan fingerprint density at radius 1 is 0.705 bits per heavy atom. The molecule has 318 valence electrons. The summed E-state index contributed by atoms with van der Waals surface area (Å²) in [5.41, 5.74) is 3.74. The van der Waals surface area contributed by atoms with Crippen LogP contribution in [0.4, 0.5) is 18.9 Å². The van der Waals surface area contributed by atoms with Crippen LogP contribution in [0.5, 0.6) is 0 Å². The van der Waals surface area contributed by atoms with Gasteiger partial charge in [-0.1, -0.05) is 96.6 Å². The zero-order chi connectivity index (χ0) is 43.9. The number of carbonyl (C=O) groups excluding carboxylic acids is 5. The van der Waals surface area contributed by atoms with Crippen LogP contribution >= 0.6 is 11.3 Å². The lowest BCUT2D eigenvalue weighted by molar-refractivity contribution is -0.142. The summed E-state index contributed by atoms with van der Waals surface area (Å²) in [5, 5.41) is 24.0. The highest BCUT2D eigenvalue weighted by Crippen LogP contribution is 2.30. The number of halogens is 3. The third-order valence-electron chi connectivity index (χ3n) is 9.44. The molecule has 2 aliphatic heterocycles. The highest BCUT2D eigenvalue weighted by molar-refractivity contribution is 7.09. The van der Waals surface area contributed by atoms with Gasteiger partial charge in [0.1, 0.15) is 18.1 Å². The fourth-order valence-electron chi connectivity index (χ4n) is 6.22. The molecule has 2 aliphatic rings. The molecule has 6 N–H and O–H groups in total. The van der Waals surface area contributed by atoms with E-state index < -0.39 is 78.3 Å². The first-order valence-corrected chi connectivity index (χ1v) is 20.1. The quantitative estimate of drug-likeness (QED) is 0.116. The van der Waals surface area contributed by atoms with Gasteiger partial charge in [-0.15, -0.1) is 11.3 Å². The molecule has 3 atom stereocenters. The Morgan fingerprint density at radius 2 is 1.36 bits per heavy atom. The van der Waals surface area contributed by atoms with Crippen LogP contribution in [0.15, 0.2) is 121 Å². The van der Waals surface area contributed by atoms with Gasteiger partial charge in [-0.2, -0.15) is 13.2 Å². The molecule has 12 nitrogen and oxygen atoms in total. The van der Waals surface area contributed by atoms with Gasteiger partial charge in [0.2, 0.25) is 29.5 Å². The smallest absolute Gasteiger partial charge is 0.416 e. The number of aryl methyl sites for hydroxylation is 1. The molecule has 5 amide bonds. The molecule has 1 aromatic heterocycles. The SMILES string of the molecule is Cc1ccc(-c2ccccc2)cc1.O=C1CCC(=O)N[C@H](Cc2cccs2)C(=O)NCC(=O)N[C@H](Cc2cccc(C(F)(F)F)c2)C(=O)N[C@H](C(=O)O)Cc2ccc(cc2)N1. The van der Waals surface area contributed by atoms with Crippen LogP contribution < -0.4 is 26.6 Å². The summed E-state index contributed by atoms with van der Waals surface area (Å²) in [7, 11) is 0. The number of aliphatic carboxylic acids is 1. The number of carboxylic acid groups (broad SMARTS) is 1. The molecule has 0 unspecified atom stereocenters. The number of amides is 5. The molecule has 16 heteroatoms. The Morgan fingerprint density at radius 3 is 2.02 bits per heavy atom. The first-order chi connectivity index (χ1) is 29.1. The zero-order valence-corrected chi connectivity index (χ0v) is 33.8. The molecule has 61 heavy (non-hydrogen) atoms. The Kier molecular flexibility index (Phi) is 15.9. The van der Waals surface area contributed by atoms with Crippen molar-refractivity contribution in [2.24, 2.45) is 0 Å². The van der Waals surface area contributed by atoms with E-state index in [9.17, 15) is 47.0 Å². The highest BCUT2D eigenvalue weighted by Gasteiger charge is 2.32. The van der Waals surface area contributed by atoms with Crippen molar-refractivity contribution in [3.8, 4) is 11.1 Å². The van der Waals surface area contributed by atoms with E-state index in [1.165, 1.54) is 58.4 Å². The van der Waals surface area contributed by atoms with E-state index in [2.05, 4.69) is 82.0 Å². The van der Waals surface area contributed by atoms with Crippen molar-refractivity contribution in [3.63, 3.8) is 0 Å². The normalized spacial score (nSPS) is 18.2. The average Bonchev–Trinajstić information content (AvgIpc) is 3.75. The summed E-state index contributed by atoms with van der Waals surface area (Å²) in [4.78, 5) is 77.6. The highest BCUT2D eigenvalue weighted by atomic mass is 32.1. The molecule has 3 heterocycles. The van der Waals surface area contributed by atoms with E-state index in [1.807, 2.05) is 6.07 Å². The molecule has 0 spiro atoms. The monoisotopic (exact) mass is 855 g/mol. The van der Waals surface area contributed by atoms with Crippen molar-refractivity contribution < 1.29 is 47.0 Å². The van der Waals surface area contributed by atoms with Crippen molar-refractivity contribution >= 4 is 52.5 Å². The van der Waals surface area contributed by atoms with Crippen LogP contribution in [-0.4, -0.2) is 65.3 Å². The van der Waals surface area contributed by atoms with Crippen LogP contribution in [0.25, 0.3) is 11.1 Å². The second-order valence-electron chi connectivity index (χ2n) is 14.2. The minimum atomic E-state index is -4.68. The van der Waals surface area contributed by atoms with Gasteiger partial charge in [-0.25, -0.2) is 4.79 Å². The number of hydrogen-bond donors (Lipinski definition) is 6. The summed E-state index contributed by atoms with van der Waals surface area (Å²) in [6, 6.07) is 28.6. The predicted molar refractivity (Wildman–Crippen MR) is 224 cm³/mol. The molecule has 0 aliphatic carbocycles. The molecular formula is C45H44F3N5O7S. The number of carbonyl (C=O) groups is 6. The Hall–Kier alpha value is -6.81. The summed E-state index contributed by atoms with van der Waals surface area (Å²) in [6.45, 7) is 1.42. The van der Waals surface area contributed by atoms with Crippen molar-refractivity contribution in [3.05, 3.63) is 148 Å². The number of hydrogen-bond acceptors (Lipinski definition) is 7. The number of alkyl halides is 3. The van der Waals surface area contributed by atoms with Gasteiger partial charge < -0.3 is 31.7 Å². The van der Waals surface area contributed by atoms with Gasteiger partial charge in [0.25, 0.3) is 0 Å². The zero-order valence-electron chi connectivity index (χ0n) is 33.0. The molecule has 4 aromatic carbocycles. The third-order valence-corrected chi connectivity index (χ3v) is 10.3. The minimum absolute atomic E-state index is 0.0306. The van der Waals surface area contributed by atoms with Gasteiger partial charge in [0, 0.05) is 42.7 Å². The fourth-order valence-corrected chi connectivity index (χ4v) is 6.97. The number of benzene rings is 4. The first kappa shape index (κ1) is 45.3. The van der Waals surface area contributed by atoms with E-state index in [4.69, 9.17) is 0 Å². The number of rotatable bonds is 6. The summed E-state index contributed by atoms with van der Waals surface area (Å²) in [5.74, 6) is -5.12. The Balaban J connectivity index is 0.000000457. The van der Waals surface area contributed by atoms with Gasteiger partial charge >= 0.3 is 12.1 Å². The topological polar surface area (TPSA) is 183 Å². The second kappa shape index (κ2) is 21.4. The van der Waals surface area contributed by atoms with E-state index in [0.29, 0.717) is 11.3 Å². The molecule has 0 radical (unpaired) electrons. The lowest BCUT2D eigenvalue weighted by Gasteiger charge is -2.23. The van der Waals surface area contributed by atoms with Crippen LogP contribution in [0.2, 0.25) is 0 Å². The number of anilines is 1. The maximum atomic E-state index is 13.4. The molecule has 0 fully saturated rings. The van der Waals surface area contributed by atoms with E-state index in [1.54, 1.807) is 17.5 Å². The second-order valence-corrected chi connectivity index (χ2v) is 15.3. The number of carboxylic acids is 1. The summed E-state index contributed by atoms with van der Waals surface area (Å²) >= 11 is 1.33. The predicted octanol–water partition coefficient (Wildman–Crippen LogP) is 5.84. The van der Waals surface area contributed by atoms with Crippen molar-refractivity contribution in [1.82, 2.24) is 21.3 Å². The fraction of sp³-hybridized carbons (Fsp3) is 0.244.